The van der Waals surface area contributed by atoms with Crippen LogP contribution in [0.1, 0.15) is 36.9 Å². The molecule has 1 atom stereocenters. The zero-order valence-corrected chi connectivity index (χ0v) is 19.9. The second-order valence-corrected chi connectivity index (χ2v) is 8.61. The van der Waals surface area contributed by atoms with Crippen molar-refractivity contribution in [3.8, 4) is 11.4 Å². The van der Waals surface area contributed by atoms with Gasteiger partial charge in [0.05, 0.1) is 11.6 Å². The molecule has 0 saturated carbocycles. The lowest BCUT2D eigenvalue weighted by atomic mass is 9.93. The summed E-state index contributed by atoms with van der Waals surface area (Å²) in [5, 5.41) is 8.01. The predicted molar refractivity (Wildman–Crippen MR) is 135 cm³/mol. The first-order chi connectivity index (χ1) is 16.9. The summed E-state index contributed by atoms with van der Waals surface area (Å²) < 4.78 is 32.7. The van der Waals surface area contributed by atoms with Crippen LogP contribution in [0.25, 0.3) is 17.0 Å². The van der Waals surface area contributed by atoms with E-state index in [9.17, 15) is 8.78 Å². The summed E-state index contributed by atoms with van der Waals surface area (Å²) in [6.07, 6.45) is 0.932. The van der Waals surface area contributed by atoms with Gasteiger partial charge in [0, 0.05) is 16.9 Å². The molecule has 1 aromatic heterocycles. The van der Waals surface area contributed by atoms with E-state index in [4.69, 9.17) is 16.7 Å². The van der Waals surface area contributed by atoms with Crippen molar-refractivity contribution < 1.29 is 13.3 Å². The summed E-state index contributed by atoms with van der Waals surface area (Å²) in [7, 11) is 0. The maximum absolute atomic E-state index is 13.6. The molecule has 1 N–H and O–H groups in total. The second-order valence-electron chi connectivity index (χ2n) is 8.22. The Bertz CT molecular complexity index is 1400. The Kier molecular flexibility index (Phi) is 6.13. The molecular weight excluding hydrogens is 466 g/mol. The van der Waals surface area contributed by atoms with Crippen molar-refractivity contribution in [1.82, 2.24) is 15.5 Å². The Morgan fingerprint density at radius 3 is 2.20 bits per heavy atom. The number of aryl methyl sites for hydroxylation is 1. The quantitative estimate of drug-likeness (QED) is 0.326. The third-order valence-corrected chi connectivity index (χ3v) is 6.35. The Labute approximate surface area is 207 Å². The van der Waals surface area contributed by atoms with Gasteiger partial charge in [-0.25, -0.2) is 8.78 Å². The minimum absolute atomic E-state index is 0.313. The summed E-state index contributed by atoms with van der Waals surface area (Å²) in [4.78, 5) is 6.46. The van der Waals surface area contributed by atoms with Crippen LogP contribution in [-0.2, 0) is 6.42 Å². The average Bonchev–Trinajstić information content (AvgIpc) is 3.35. The van der Waals surface area contributed by atoms with Crippen molar-refractivity contribution in [3.05, 3.63) is 107 Å². The Morgan fingerprint density at radius 1 is 0.943 bits per heavy atom. The standard InChI is InChI=1S/C27H22F2N4OS/c1-3-17-4-6-18(7-5-17)24-23(26-31-25(32-34-26)19-8-10-20(28)11-9-19)16(2)33(27(35)30-24)22-14-12-21(29)13-15-22/h4-15,24H,3H2,1-2H3,(H,30,35). The lowest BCUT2D eigenvalue weighted by molar-refractivity contribution is 0.404. The van der Waals surface area contributed by atoms with Crippen molar-refractivity contribution in [2.24, 2.45) is 0 Å². The topological polar surface area (TPSA) is 54.2 Å². The van der Waals surface area contributed by atoms with Crippen LogP contribution >= 0.6 is 12.2 Å². The number of benzene rings is 3. The molecule has 3 aromatic carbocycles. The first kappa shape index (κ1) is 22.9. The SMILES string of the molecule is CCc1ccc(C2NC(=S)N(c3ccc(F)cc3)C(C)=C2c2nc(-c3ccc(F)cc3)no2)cc1. The average molecular weight is 489 g/mol. The number of halogens is 2. The number of allylic oxidation sites excluding steroid dienone is 1. The molecule has 2 heterocycles. The van der Waals surface area contributed by atoms with E-state index in [0.29, 0.717) is 28.1 Å². The van der Waals surface area contributed by atoms with Gasteiger partial charge in [0.1, 0.15) is 11.6 Å². The molecule has 0 fully saturated rings. The van der Waals surface area contributed by atoms with Gasteiger partial charge >= 0.3 is 0 Å². The van der Waals surface area contributed by atoms with Gasteiger partial charge in [-0.1, -0.05) is 36.3 Å². The van der Waals surface area contributed by atoms with Crippen LogP contribution in [0.5, 0.6) is 0 Å². The number of hydrogen-bond donors (Lipinski definition) is 1. The zero-order valence-electron chi connectivity index (χ0n) is 19.1. The zero-order chi connectivity index (χ0) is 24.5. The van der Waals surface area contributed by atoms with Crippen LogP contribution < -0.4 is 10.2 Å². The van der Waals surface area contributed by atoms with Gasteiger partial charge < -0.3 is 9.84 Å². The molecule has 0 saturated heterocycles. The van der Waals surface area contributed by atoms with E-state index in [2.05, 4.69) is 46.6 Å². The van der Waals surface area contributed by atoms with Crippen LogP contribution in [0, 0.1) is 11.6 Å². The van der Waals surface area contributed by atoms with Crippen LogP contribution in [-0.4, -0.2) is 15.3 Å². The maximum atomic E-state index is 13.6. The lowest BCUT2D eigenvalue weighted by Gasteiger charge is -2.37. The van der Waals surface area contributed by atoms with E-state index in [1.54, 1.807) is 24.3 Å². The fourth-order valence-electron chi connectivity index (χ4n) is 4.17. The van der Waals surface area contributed by atoms with Gasteiger partial charge in [-0.15, -0.1) is 0 Å². The van der Waals surface area contributed by atoms with Gasteiger partial charge in [0.2, 0.25) is 5.82 Å². The number of rotatable bonds is 5. The molecule has 35 heavy (non-hydrogen) atoms. The van der Waals surface area contributed by atoms with Gasteiger partial charge in [0.25, 0.3) is 5.89 Å². The van der Waals surface area contributed by atoms with Gasteiger partial charge in [-0.2, -0.15) is 4.98 Å². The largest absolute Gasteiger partial charge is 0.351 e. The molecule has 0 amide bonds. The lowest BCUT2D eigenvalue weighted by Crippen LogP contribution is -2.46. The summed E-state index contributed by atoms with van der Waals surface area (Å²) in [5.41, 5.74) is 5.07. The minimum Gasteiger partial charge on any atom is -0.351 e. The van der Waals surface area contributed by atoms with E-state index in [1.807, 2.05) is 11.8 Å². The summed E-state index contributed by atoms with van der Waals surface area (Å²) in [5.74, 6) is -0.0110. The first-order valence-corrected chi connectivity index (χ1v) is 11.6. The van der Waals surface area contributed by atoms with Gasteiger partial charge in [0.15, 0.2) is 5.11 Å². The van der Waals surface area contributed by atoms with Crippen LogP contribution in [0.15, 0.2) is 83.0 Å². The normalized spacial score (nSPS) is 15.9. The number of anilines is 1. The highest BCUT2D eigenvalue weighted by atomic mass is 32.1. The van der Waals surface area contributed by atoms with Crippen LogP contribution in [0.2, 0.25) is 0 Å². The number of thiocarbonyl (C=S) groups is 1. The van der Waals surface area contributed by atoms with E-state index in [0.717, 1.165) is 23.3 Å². The highest BCUT2D eigenvalue weighted by Crippen LogP contribution is 2.39. The number of nitrogens with zero attached hydrogens (tertiary/aromatic N) is 3. The monoisotopic (exact) mass is 488 g/mol. The summed E-state index contributed by atoms with van der Waals surface area (Å²) >= 11 is 5.73. The summed E-state index contributed by atoms with van der Waals surface area (Å²) in [6, 6.07) is 19.9. The Morgan fingerprint density at radius 2 is 1.57 bits per heavy atom. The molecule has 1 aliphatic heterocycles. The van der Waals surface area contributed by atoms with Crippen LogP contribution in [0.4, 0.5) is 14.5 Å². The first-order valence-electron chi connectivity index (χ1n) is 11.2. The molecular formula is C27H22F2N4OS. The molecule has 0 bridgehead atoms. The van der Waals surface area contributed by atoms with Gasteiger partial charge in [-0.05, 0) is 85.2 Å². The highest BCUT2D eigenvalue weighted by molar-refractivity contribution is 7.80. The van der Waals surface area contributed by atoms with Crippen LogP contribution in [0.3, 0.4) is 0 Å². The molecule has 0 aliphatic carbocycles. The van der Waals surface area contributed by atoms with E-state index in [1.165, 1.54) is 29.8 Å². The van der Waals surface area contributed by atoms with Crippen molar-refractivity contribution in [2.75, 3.05) is 4.90 Å². The van der Waals surface area contributed by atoms with Crippen molar-refractivity contribution in [1.29, 1.82) is 0 Å². The predicted octanol–water partition coefficient (Wildman–Crippen LogP) is 6.44. The van der Waals surface area contributed by atoms with Crippen molar-refractivity contribution >= 4 is 28.6 Å². The fraction of sp³-hybridized carbons (Fsp3) is 0.148. The van der Waals surface area contributed by atoms with E-state index >= 15 is 0 Å². The molecule has 1 unspecified atom stereocenters. The minimum atomic E-state index is -0.341. The third kappa shape index (κ3) is 4.44. The smallest absolute Gasteiger partial charge is 0.258 e. The van der Waals surface area contributed by atoms with Crippen molar-refractivity contribution in [3.63, 3.8) is 0 Å². The van der Waals surface area contributed by atoms with Crippen molar-refractivity contribution in [2.45, 2.75) is 26.3 Å². The fourth-order valence-corrected chi connectivity index (χ4v) is 4.53. The molecule has 0 radical (unpaired) electrons. The van der Waals surface area contributed by atoms with E-state index < -0.39 is 0 Å². The molecule has 5 nitrogen and oxygen atoms in total. The molecule has 176 valence electrons. The molecule has 5 rings (SSSR count). The van der Waals surface area contributed by atoms with E-state index in [-0.39, 0.29) is 17.7 Å². The molecule has 0 spiro atoms. The number of nitrogens with one attached hydrogen (secondary N) is 1. The molecule has 4 aromatic rings. The maximum Gasteiger partial charge on any atom is 0.258 e. The number of hydrogen-bond acceptors (Lipinski definition) is 4. The summed E-state index contributed by atoms with van der Waals surface area (Å²) in [6.45, 7) is 4.02. The Hall–Kier alpha value is -3.91. The molecule has 1 aliphatic rings. The molecule has 8 heteroatoms. The highest BCUT2D eigenvalue weighted by Gasteiger charge is 2.34. The Balaban J connectivity index is 1.63. The van der Waals surface area contributed by atoms with Gasteiger partial charge in [-0.3, -0.25) is 4.90 Å². The second kappa shape index (κ2) is 9.38. The number of aromatic nitrogens is 2. The third-order valence-electron chi connectivity index (χ3n) is 6.05.